The number of halogens is 2. The third kappa shape index (κ3) is 3.76. The zero-order valence-corrected chi connectivity index (χ0v) is 17.5. The summed E-state index contributed by atoms with van der Waals surface area (Å²) in [7, 11) is 1.73. The second kappa shape index (κ2) is 8.37. The summed E-state index contributed by atoms with van der Waals surface area (Å²) in [5, 5.41) is 5.24. The Balaban J connectivity index is 1.48. The van der Waals surface area contributed by atoms with Crippen molar-refractivity contribution >= 4 is 10.9 Å². The highest BCUT2D eigenvalue weighted by atomic mass is 19.3. The molecule has 0 spiro atoms. The van der Waals surface area contributed by atoms with Crippen molar-refractivity contribution in [1.29, 1.82) is 0 Å². The predicted molar refractivity (Wildman–Crippen MR) is 118 cm³/mol. The zero-order chi connectivity index (χ0) is 22.2. The third-order valence-corrected chi connectivity index (χ3v) is 6.15. The molecule has 1 aliphatic carbocycles. The number of benzene rings is 1. The molecular formula is C24H23F2N5O. The molecule has 0 radical (unpaired) electrons. The molecular weight excluding hydrogens is 412 g/mol. The van der Waals surface area contributed by atoms with Crippen molar-refractivity contribution in [2.24, 2.45) is 11.7 Å². The summed E-state index contributed by atoms with van der Waals surface area (Å²) in [5.41, 5.74) is 9.49. The van der Waals surface area contributed by atoms with Crippen molar-refractivity contribution in [3.63, 3.8) is 0 Å². The summed E-state index contributed by atoms with van der Waals surface area (Å²) in [6.07, 6.45) is 1.23. The number of fused-ring (bicyclic) bond motifs is 1. The number of ether oxygens (including phenoxy) is 1. The molecule has 0 amide bonds. The van der Waals surface area contributed by atoms with E-state index < -0.39 is 6.43 Å². The summed E-state index contributed by atoms with van der Waals surface area (Å²) in [6, 6.07) is 16.1. The van der Waals surface area contributed by atoms with E-state index in [0.29, 0.717) is 11.7 Å². The summed E-state index contributed by atoms with van der Waals surface area (Å²) in [6.45, 7) is 0. The lowest BCUT2D eigenvalue weighted by Crippen LogP contribution is -2.37. The van der Waals surface area contributed by atoms with E-state index in [9.17, 15) is 8.78 Å². The smallest absolute Gasteiger partial charge is 0.280 e. The van der Waals surface area contributed by atoms with E-state index in [1.54, 1.807) is 30.1 Å². The van der Waals surface area contributed by atoms with Crippen molar-refractivity contribution < 1.29 is 13.5 Å². The maximum atomic E-state index is 13.1. The van der Waals surface area contributed by atoms with Crippen LogP contribution in [-0.4, -0.2) is 33.0 Å². The molecule has 2 N–H and O–H groups in total. The molecule has 0 unspecified atom stereocenters. The molecule has 0 aliphatic heterocycles. The molecule has 1 atom stereocenters. The predicted octanol–water partition coefficient (Wildman–Crippen LogP) is 4.84. The first kappa shape index (κ1) is 20.7. The van der Waals surface area contributed by atoms with E-state index in [-0.39, 0.29) is 17.8 Å². The molecule has 1 aromatic carbocycles. The summed E-state index contributed by atoms with van der Waals surface area (Å²) in [5.74, 6) is 0.705. The van der Waals surface area contributed by atoms with Crippen LogP contribution >= 0.6 is 0 Å². The van der Waals surface area contributed by atoms with Gasteiger partial charge in [-0.15, -0.1) is 0 Å². The van der Waals surface area contributed by atoms with E-state index in [1.165, 1.54) is 6.07 Å². The Morgan fingerprint density at radius 3 is 2.59 bits per heavy atom. The Hall–Kier alpha value is -3.23. The lowest BCUT2D eigenvalue weighted by molar-refractivity contribution is -0.00820. The third-order valence-electron chi connectivity index (χ3n) is 6.15. The number of methoxy groups -OCH3 is 1. The fourth-order valence-electron chi connectivity index (χ4n) is 4.17. The van der Waals surface area contributed by atoms with E-state index in [4.69, 9.17) is 15.5 Å². The van der Waals surface area contributed by atoms with Gasteiger partial charge < -0.3 is 10.5 Å². The molecule has 5 rings (SSSR count). The minimum Gasteiger partial charge on any atom is -0.381 e. The average molecular weight is 435 g/mol. The van der Waals surface area contributed by atoms with Crippen LogP contribution in [0.15, 0.2) is 60.8 Å². The maximum Gasteiger partial charge on any atom is 0.280 e. The number of pyridine rings is 2. The zero-order valence-electron chi connectivity index (χ0n) is 17.5. The molecule has 0 saturated heterocycles. The molecule has 8 heteroatoms. The Bertz CT molecular complexity index is 1250. The molecule has 0 bridgehead atoms. The Morgan fingerprint density at radius 2 is 1.81 bits per heavy atom. The average Bonchev–Trinajstić information content (AvgIpc) is 3.22. The van der Waals surface area contributed by atoms with Gasteiger partial charge in [0.1, 0.15) is 5.69 Å². The molecule has 6 nitrogen and oxygen atoms in total. The first-order valence-electron chi connectivity index (χ1n) is 10.5. The topological polar surface area (TPSA) is 78.9 Å². The minimum absolute atomic E-state index is 0.142. The van der Waals surface area contributed by atoms with Gasteiger partial charge in [-0.3, -0.25) is 4.98 Å². The van der Waals surface area contributed by atoms with Gasteiger partial charge >= 0.3 is 0 Å². The van der Waals surface area contributed by atoms with Crippen molar-refractivity contribution in [2.45, 2.75) is 31.4 Å². The standard InChI is InChI=1S/C24H23F2N5O/c1-32-17-10-16(11-17)23(27)19-5-2-4-18(29-19)14-8-9-15-13-28-31(21(15)12-14)22-7-3-6-20(30-22)24(25)26/h2-9,12-13,16-17,23-24H,10-11,27H2,1H3/t16-,17-,23-/m0/s1. The Kier molecular flexibility index (Phi) is 5.40. The van der Waals surface area contributed by atoms with Crippen LogP contribution in [0.4, 0.5) is 8.78 Å². The highest BCUT2D eigenvalue weighted by molar-refractivity contribution is 5.84. The van der Waals surface area contributed by atoms with Crippen LogP contribution in [0.2, 0.25) is 0 Å². The highest BCUT2D eigenvalue weighted by Crippen LogP contribution is 2.38. The van der Waals surface area contributed by atoms with E-state index in [2.05, 4.69) is 10.1 Å². The van der Waals surface area contributed by atoms with Crippen LogP contribution in [0.3, 0.4) is 0 Å². The summed E-state index contributed by atoms with van der Waals surface area (Å²) >= 11 is 0. The van der Waals surface area contributed by atoms with Gasteiger partial charge in [-0.05, 0) is 49.1 Å². The lowest BCUT2D eigenvalue weighted by atomic mass is 9.76. The number of alkyl halides is 2. The van der Waals surface area contributed by atoms with Gasteiger partial charge in [0.2, 0.25) is 0 Å². The summed E-state index contributed by atoms with van der Waals surface area (Å²) < 4.78 is 33.1. The first-order valence-corrected chi connectivity index (χ1v) is 10.5. The normalized spacial score (nSPS) is 19.3. The van der Waals surface area contributed by atoms with Gasteiger partial charge in [0, 0.05) is 18.1 Å². The largest absolute Gasteiger partial charge is 0.381 e. The van der Waals surface area contributed by atoms with Gasteiger partial charge in [0.15, 0.2) is 5.82 Å². The maximum absolute atomic E-state index is 13.1. The van der Waals surface area contributed by atoms with Crippen molar-refractivity contribution in [3.8, 4) is 17.1 Å². The second-order valence-electron chi connectivity index (χ2n) is 8.11. The van der Waals surface area contributed by atoms with Crippen LogP contribution in [0.1, 0.15) is 36.7 Å². The first-order chi connectivity index (χ1) is 15.5. The fraction of sp³-hybridized carbons (Fsp3) is 0.292. The number of hydrogen-bond donors (Lipinski definition) is 1. The molecule has 1 aliphatic rings. The van der Waals surface area contributed by atoms with Gasteiger partial charge in [-0.2, -0.15) is 5.10 Å². The SMILES string of the molecule is CO[C@H]1C[C@H]([C@H](N)c2cccc(-c3ccc4cnn(-c5cccc(C(F)F)n5)c4c3)n2)C1. The van der Waals surface area contributed by atoms with Gasteiger partial charge in [0.25, 0.3) is 6.43 Å². The number of nitrogens with zero attached hydrogens (tertiary/aromatic N) is 4. The molecule has 3 heterocycles. The van der Waals surface area contributed by atoms with Gasteiger partial charge in [-0.1, -0.05) is 24.3 Å². The fourth-order valence-corrected chi connectivity index (χ4v) is 4.17. The number of aromatic nitrogens is 4. The number of hydrogen-bond acceptors (Lipinski definition) is 5. The van der Waals surface area contributed by atoms with Crippen LogP contribution in [-0.2, 0) is 4.74 Å². The number of nitrogens with two attached hydrogens (primary N) is 1. The molecule has 32 heavy (non-hydrogen) atoms. The monoisotopic (exact) mass is 435 g/mol. The van der Waals surface area contributed by atoms with Crippen LogP contribution < -0.4 is 5.73 Å². The van der Waals surface area contributed by atoms with Crippen LogP contribution in [0, 0.1) is 5.92 Å². The van der Waals surface area contributed by atoms with Gasteiger partial charge in [-0.25, -0.2) is 18.4 Å². The molecule has 4 aromatic rings. The molecule has 1 saturated carbocycles. The van der Waals surface area contributed by atoms with E-state index >= 15 is 0 Å². The quantitative estimate of drug-likeness (QED) is 0.469. The number of rotatable bonds is 6. The molecule has 164 valence electrons. The van der Waals surface area contributed by atoms with E-state index in [1.807, 2.05) is 36.4 Å². The van der Waals surface area contributed by atoms with Crippen LogP contribution in [0.5, 0.6) is 0 Å². The molecule has 1 fully saturated rings. The van der Waals surface area contributed by atoms with Crippen molar-refractivity contribution in [1.82, 2.24) is 19.7 Å². The van der Waals surface area contributed by atoms with E-state index in [0.717, 1.165) is 40.7 Å². The highest BCUT2D eigenvalue weighted by Gasteiger charge is 2.34. The van der Waals surface area contributed by atoms with Crippen molar-refractivity contribution in [3.05, 3.63) is 72.2 Å². The minimum atomic E-state index is -2.64. The second-order valence-corrected chi connectivity index (χ2v) is 8.11. The lowest BCUT2D eigenvalue weighted by Gasteiger charge is -2.37. The Labute approximate surface area is 184 Å². The Morgan fingerprint density at radius 1 is 1.03 bits per heavy atom. The molecule has 3 aromatic heterocycles. The van der Waals surface area contributed by atoms with Gasteiger partial charge in [0.05, 0.1) is 35.2 Å². The van der Waals surface area contributed by atoms with Crippen LogP contribution in [0.25, 0.3) is 28.0 Å². The summed E-state index contributed by atoms with van der Waals surface area (Å²) in [4.78, 5) is 8.88. The van der Waals surface area contributed by atoms with Crippen molar-refractivity contribution in [2.75, 3.05) is 7.11 Å².